The highest BCUT2D eigenvalue weighted by Crippen LogP contribution is 2.38. The Morgan fingerprint density at radius 1 is 1.44 bits per heavy atom. The lowest BCUT2D eigenvalue weighted by atomic mass is 9.96. The average molecular weight is 584 g/mol. The minimum atomic E-state index is -5.06. The fraction of sp³-hybridized carbons (Fsp3) is 0.480. The zero-order valence-electron chi connectivity index (χ0n) is 22.1. The van der Waals surface area contributed by atoms with Crippen LogP contribution in [0.1, 0.15) is 44.4 Å². The SMILES string of the molecule is CC(C)[C@@H](Oc1cn([C@@]2(C)C[C@H](O)[C@@H](CO)O2)c(=O)nc1N)c1ccc(C#CCNC(=O)C(F)(F)F)cc1[N+](=O)[O-]. The second-order valence-corrected chi connectivity index (χ2v) is 9.72. The van der Waals surface area contributed by atoms with Crippen LogP contribution in [0.3, 0.4) is 0 Å². The zero-order valence-corrected chi connectivity index (χ0v) is 22.1. The molecule has 0 saturated carbocycles. The lowest BCUT2D eigenvalue weighted by Crippen LogP contribution is -2.40. The van der Waals surface area contributed by atoms with Crippen LogP contribution in [-0.2, 0) is 15.3 Å². The number of ether oxygens (including phenoxy) is 2. The average Bonchev–Trinajstić information content (AvgIpc) is 3.19. The van der Waals surface area contributed by atoms with Crippen LogP contribution in [0.25, 0.3) is 0 Å². The Morgan fingerprint density at radius 3 is 2.68 bits per heavy atom. The van der Waals surface area contributed by atoms with Crippen LogP contribution in [0.4, 0.5) is 24.7 Å². The van der Waals surface area contributed by atoms with Crippen molar-refractivity contribution in [2.75, 3.05) is 18.9 Å². The molecule has 0 bridgehead atoms. The molecule has 1 aromatic carbocycles. The van der Waals surface area contributed by atoms with Crippen molar-refractivity contribution in [3.05, 3.63) is 56.1 Å². The molecule has 0 radical (unpaired) electrons. The van der Waals surface area contributed by atoms with E-state index in [-0.39, 0.29) is 35.0 Å². The highest BCUT2D eigenvalue weighted by Gasteiger charge is 2.45. The molecular formula is C25H28F3N5O8. The Balaban J connectivity index is 1.93. The van der Waals surface area contributed by atoms with Crippen LogP contribution in [0.5, 0.6) is 5.75 Å². The van der Waals surface area contributed by atoms with Crippen LogP contribution in [-0.4, -0.2) is 62.1 Å². The second-order valence-electron chi connectivity index (χ2n) is 9.72. The summed E-state index contributed by atoms with van der Waals surface area (Å²) < 4.78 is 49.7. The number of aliphatic hydroxyl groups excluding tert-OH is 2. The third-order valence-corrected chi connectivity index (χ3v) is 6.25. The van der Waals surface area contributed by atoms with E-state index in [0.717, 1.165) is 10.6 Å². The third kappa shape index (κ3) is 7.12. The van der Waals surface area contributed by atoms with Gasteiger partial charge in [0.1, 0.15) is 17.9 Å². The number of benzene rings is 1. The summed E-state index contributed by atoms with van der Waals surface area (Å²) in [6.45, 7) is 3.82. The van der Waals surface area contributed by atoms with Crippen LogP contribution in [0.15, 0.2) is 29.2 Å². The molecule has 13 nitrogen and oxygen atoms in total. The van der Waals surface area contributed by atoms with Gasteiger partial charge in [-0.25, -0.2) is 4.79 Å². The van der Waals surface area contributed by atoms with Gasteiger partial charge in [0.2, 0.25) is 0 Å². The monoisotopic (exact) mass is 583 g/mol. The quantitative estimate of drug-likeness (QED) is 0.200. The number of halogens is 3. The number of carbonyl (C=O) groups excluding carboxylic acids is 1. The van der Waals surface area contributed by atoms with E-state index in [2.05, 4.69) is 16.8 Å². The highest BCUT2D eigenvalue weighted by molar-refractivity contribution is 5.81. The minimum Gasteiger partial charge on any atom is -0.480 e. The van der Waals surface area contributed by atoms with Gasteiger partial charge in [-0.2, -0.15) is 18.2 Å². The van der Waals surface area contributed by atoms with Crippen molar-refractivity contribution in [1.82, 2.24) is 14.9 Å². The predicted octanol–water partition coefficient (Wildman–Crippen LogP) is 1.35. The highest BCUT2D eigenvalue weighted by atomic mass is 19.4. The van der Waals surface area contributed by atoms with E-state index in [1.54, 1.807) is 19.2 Å². The number of rotatable bonds is 8. The fourth-order valence-corrected chi connectivity index (χ4v) is 4.25. The minimum absolute atomic E-state index is 0.0510. The lowest BCUT2D eigenvalue weighted by molar-refractivity contribution is -0.386. The van der Waals surface area contributed by atoms with E-state index in [4.69, 9.17) is 15.2 Å². The molecule has 5 N–H and O–H groups in total. The predicted molar refractivity (Wildman–Crippen MR) is 136 cm³/mol. The van der Waals surface area contributed by atoms with E-state index < -0.39 is 65.6 Å². The zero-order chi connectivity index (χ0) is 30.7. The van der Waals surface area contributed by atoms with Gasteiger partial charge in [0.25, 0.3) is 5.69 Å². The van der Waals surface area contributed by atoms with Crippen molar-refractivity contribution in [3.63, 3.8) is 0 Å². The van der Waals surface area contributed by atoms with Crippen molar-refractivity contribution >= 4 is 17.4 Å². The normalized spacial score (nSPS) is 21.2. The summed E-state index contributed by atoms with van der Waals surface area (Å²) in [7, 11) is 0. The Hall–Kier alpha value is -4.20. The standard InChI is InChI=1S/C25H28F3N5O8/c1-13(2)20(15-7-6-14(9-16(15)33(38)39)5-4-8-30-22(36)25(26,27)28)40-18-11-32(23(37)31-21(18)29)24(3)10-17(35)19(12-34)41-24/h6-7,9,11,13,17,19-20,34-35H,8,10,12H2,1-3H3,(H,30,36)(H2,29,31,37)/t17-,19+,20+,24+/m0/s1. The van der Waals surface area contributed by atoms with Crippen molar-refractivity contribution < 1.29 is 42.6 Å². The molecule has 1 aromatic heterocycles. The first kappa shape index (κ1) is 31.3. The molecule has 4 atom stereocenters. The van der Waals surface area contributed by atoms with Crippen molar-refractivity contribution in [1.29, 1.82) is 0 Å². The number of nitrogens with zero attached hydrogens (tertiary/aromatic N) is 3. The van der Waals surface area contributed by atoms with E-state index in [1.165, 1.54) is 25.3 Å². The molecular weight excluding hydrogens is 555 g/mol. The molecule has 0 aliphatic carbocycles. The number of alkyl halides is 3. The van der Waals surface area contributed by atoms with Crippen LogP contribution in [0, 0.1) is 27.9 Å². The van der Waals surface area contributed by atoms with Crippen molar-refractivity contribution in [2.45, 2.75) is 57.4 Å². The van der Waals surface area contributed by atoms with Gasteiger partial charge in [0.05, 0.1) is 35.9 Å². The maximum absolute atomic E-state index is 12.7. The maximum atomic E-state index is 12.7. The molecule has 1 fully saturated rings. The summed E-state index contributed by atoms with van der Waals surface area (Å²) in [5, 5.41) is 33.1. The summed E-state index contributed by atoms with van der Waals surface area (Å²) >= 11 is 0. The molecule has 3 rings (SSSR count). The molecule has 0 spiro atoms. The van der Waals surface area contributed by atoms with Gasteiger partial charge in [-0.15, -0.1) is 0 Å². The van der Waals surface area contributed by atoms with E-state index in [0.29, 0.717) is 0 Å². The summed E-state index contributed by atoms with van der Waals surface area (Å²) in [5.41, 5.74) is 3.53. The first-order valence-electron chi connectivity index (χ1n) is 12.2. The smallest absolute Gasteiger partial charge is 0.471 e. The molecule has 41 heavy (non-hydrogen) atoms. The van der Waals surface area contributed by atoms with Gasteiger partial charge < -0.3 is 30.7 Å². The second kappa shape index (κ2) is 12.1. The third-order valence-electron chi connectivity index (χ3n) is 6.25. The molecule has 16 heteroatoms. The summed E-state index contributed by atoms with van der Waals surface area (Å²) in [6.07, 6.45) is -6.90. The fourth-order valence-electron chi connectivity index (χ4n) is 4.25. The number of hydrogen-bond donors (Lipinski definition) is 4. The number of aliphatic hydroxyl groups is 2. The maximum Gasteiger partial charge on any atom is 0.471 e. The molecule has 1 saturated heterocycles. The van der Waals surface area contributed by atoms with Crippen molar-refractivity contribution in [2.24, 2.45) is 5.92 Å². The summed E-state index contributed by atoms with van der Waals surface area (Å²) in [5.74, 6) is 1.81. The van der Waals surface area contributed by atoms with Gasteiger partial charge in [0.15, 0.2) is 11.6 Å². The molecule has 1 aliphatic rings. The van der Waals surface area contributed by atoms with E-state index >= 15 is 0 Å². The number of nitro benzene ring substituents is 1. The van der Waals surface area contributed by atoms with Gasteiger partial charge >= 0.3 is 17.8 Å². The number of carbonyl (C=O) groups is 1. The number of aromatic nitrogens is 2. The Bertz CT molecular complexity index is 1440. The number of nitrogens with two attached hydrogens (primary N) is 1. The van der Waals surface area contributed by atoms with Crippen LogP contribution < -0.4 is 21.5 Å². The van der Waals surface area contributed by atoms with Gasteiger partial charge in [0, 0.05) is 18.1 Å². The largest absolute Gasteiger partial charge is 0.480 e. The van der Waals surface area contributed by atoms with Gasteiger partial charge in [-0.1, -0.05) is 25.7 Å². The van der Waals surface area contributed by atoms with Crippen molar-refractivity contribution in [3.8, 4) is 17.6 Å². The molecule has 2 heterocycles. The number of nitrogen functional groups attached to an aromatic ring is 1. The van der Waals surface area contributed by atoms with E-state index in [1.807, 2.05) is 0 Å². The number of anilines is 1. The topological polar surface area (TPSA) is 192 Å². The van der Waals surface area contributed by atoms with E-state index in [9.17, 15) is 43.1 Å². The first-order chi connectivity index (χ1) is 19.1. The molecule has 1 aliphatic heterocycles. The lowest BCUT2D eigenvalue weighted by Gasteiger charge is -2.28. The number of amides is 1. The molecule has 222 valence electrons. The number of nitro groups is 1. The van der Waals surface area contributed by atoms with Crippen LogP contribution >= 0.6 is 0 Å². The Kier molecular flexibility index (Phi) is 9.26. The Morgan fingerprint density at radius 2 is 2.12 bits per heavy atom. The first-order valence-corrected chi connectivity index (χ1v) is 12.2. The van der Waals surface area contributed by atoms with Gasteiger partial charge in [-0.3, -0.25) is 19.5 Å². The summed E-state index contributed by atoms with van der Waals surface area (Å²) in [4.78, 5) is 38.6. The van der Waals surface area contributed by atoms with Gasteiger partial charge in [-0.05, 0) is 25.0 Å². The molecule has 0 unspecified atom stereocenters. The summed E-state index contributed by atoms with van der Waals surface area (Å²) in [6, 6.07) is 3.87. The number of nitrogens with one attached hydrogen (secondary N) is 1. The number of hydrogen-bond acceptors (Lipinski definition) is 10. The molecule has 1 amide bonds. The Labute approximate surface area is 231 Å². The van der Waals surface area contributed by atoms with Crippen LogP contribution in [0.2, 0.25) is 0 Å². The molecule has 2 aromatic rings.